The fourth-order valence-corrected chi connectivity index (χ4v) is 1.99. The normalized spacial score (nSPS) is 11.0. The molecule has 0 bridgehead atoms. The first-order valence-corrected chi connectivity index (χ1v) is 6.77. The van der Waals surface area contributed by atoms with E-state index in [0.717, 1.165) is 31.2 Å². The summed E-state index contributed by atoms with van der Waals surface area (Å²) in [5.74, 6) is 0. The number of nitrogens with one attached hydrogen (secondary N) is 1. The molecule has 0 aliphatic rings. The third-order valence-corrected chi connectivity index (χ3v) is 3.14. The lowest BCUT2D eigenvalue weighted by atomic mass is 10.1. The molecule has 4 heteroatoms. The number of likely N-dealkylation sites (N-methyl/N-ethyl adjacent to an activating group) is 2. The summed E-state index contributed by atoms with van der Waals surface area (Å²) < 4.78 is 0. The molecule has 0 fully saturated rings. The monoisotopic (exact) mass is 269 g/mol. The van der Waals surface area contributed by atoms with E-state index in [1.807, 2.05) is 12.1 Å². The van der Waals surface area contributed by atoms with Gasteiger partial charge in [0.1, 0.15) is 0 Å². The van der Waals surface area contributed by atoms with Gasteiger partial charge in [0.05, 0.1) is 0 Å². The Labute approximate surface area is 116 Å². The molecule has 0 unspecified atom stereocenters. The summed E-state index contributed by atoms with van der Waals surface area (Å²) in [5.41, 5.74) is 2.51. The molecule has 0 saturated heterocycles. The van der Waals surface area contributed by atoms with Crippen molar-refractivity contribution in [1.29, 1.82) is 0 Å². The van der Waals surface area contributed by atoms with Gasteiger partial charge in [0.25, 0.3) is 0 Å². The SMILES string of the molecule is CCNCc1cc(Cl)ccc1N(C)CCN(C)C. The molecule has 0 aliphatic carbocycles. The zero-order valence-electron chi connectivity index (χ0n) is 11.8. The minimum absolute atomic E-state index is 0.799. The zero-order valence-corrected chi connectivity index (χ0v) is 12.6. The van der Waals surface area contributed by atoms with Crippen molar-refractivity contribution in [3.05, 3.63) is 28.8 Å². The molecule has 0 aromatic heterocycles. The van der Waals surface area contributed by atoms with E-state index in [2.05, 4.69) is 49.2 Å². The maximum atomic E-state index is 6.07. The largest absolute Gasteiger partial charge is 0.373 e. The van der Waals surface area contributed by atoms with Crippen LogP contribution in [0.2, 0.25) is 5.02 Å². The van der Waals surface area contributed by atoms with E-state index in [-0.39, 0.29) is 0 Å². The number of nitrogens with zero attached hydrogens (tertiary/aromatic N) is 2. The molecule has 0 aliphatic heterocycles. The van der Waals surface area contributed by atoms with Crippen molar-refractivity contribution >= 4 is 17.3 Å². The highest BCUT2D eigenvalue weighted by Crippen LogP contribution is 2.23. The maximum Gasteiger partial charge on any atom is 0.0410 e. The van der Waals surface area contributed by atoms with Gasteiger partial charge in [0.2, 0.25) is 0 Å². The molecule has 1 aromatic rings. The smallest absolute Gasteiger partial charge is 0.0410 e. The first-order valence-electron chi connectivity index (χ1n) is 6.39. The van der Waals surface area contributed by atoms with Crippen LogP contribution >= 0.6 is 11.6 Å². The molecule has 102 valence electrons. The molecule has 18 heavy (non-hydrogen) atoms. The van der Waals surface area contributed by atoms with E-state index >= 15 is 0 Å². The number of hydrogen-bond donors (Lipinski definition) is 1. The average molecular weight is 270 g/mol. The van der Waals surface area contributed by atoms with Crippen molar-refractivity contribution in [1.82, 2.24) is 10.2 Å². The highest BCUT2D eigenvalue weighted by atomic mass is 35.5. The molecule has 0 spiro atoms. The Hall–Kier alpha value is -0.770. The van der Waals surface area contributed by atoms with E-state index in [0.29, 0.717) is 0 Å². The van der Waals surface area contributed by atoms with Gasteiger partial charge >= 0.3 is 0 Å². The Kier molecular flexibility index (Phi) is 6.47. The summed E-state index contributed by atoms with van der Waals surface area (Å²) in [6.45, 7) is 5.99. The molecular formula is C14H24ClN3. The number of hydrogen-bond acceptors (Lipinski definition) is 3. The predicted octanol–water partition coefficient (Wildman–Crippen LogP) is 2.45. The van der Waals surface area contributed by atoms with Crippen LogP contribution in [-0.4, -0.2) is 45.7 Å². The van der Waals surface area contributed by atoms with Crippen molar-refractivity contribution in [2.24, 2.45) is 0 Å². The van der Waals surface area contributed by atoms with Crippen LogP contribution in [0.15, 0.2) is 18.2 Å². The molecule has 0 heterocycles. The Morgan fingerprint density at radius 3 is 2.50 bits per heavy atom. The summed E-state index contributed by atoms with van der Waals surface area (Å²) in [6.07, 6.45) is 0. The first-order chi connectivity index (χ1) is 8.54. The van der Waals surface area contributed by atoms with E-state index in [9.17, 15) is 0 Å². The Bertz CT molecular complexity index is 366. The highest BCUT2D eigenvalue weighted by molar-refractivity contribution is 6.30. The predicted molar refractivity (Wildman–Crippen MR) is 80.7 cm³/mol. The first kappa shape index (κ1) is 15.3. The highest BCUT2D eigenvalue weighted by Gasteiger charge is 2.08. The van der Waals surface area contributed by atoms with Gasteiger partial charge in [-0.3, -0.25) is 0 Å². The average Bonchev–Trinajstić information content (AvgIpc) is 2.33. The van der Waals surface area contributed by atoms with Crippen molar-refractivity contribution < 1.29 is 0 Å². The van der Waals surface area contributed by atoms with Crippen LogP contribution in [-0.2, 0) is 6.54 Å². The van der Waals surface area contributed by atoms with E-state index in [1.54, 1.807) is 0 Å². The van der Waals surface area contributed by atoms with Gasteiger partial charge in [-0.05, 0) is 44.4 Å². The lowest BCUT2D eigenvalue weighted by Crippen LogP contribution is -2.29. The second-order valence-corrected chi connectivity index (χ2v) is 5.21. The van der Waals surface area contributed by atoms with Gasteiger partial charge in [0, 0.05) is 37.4 Å². The Morgan fingerprint density at radius 1 is 1.17 bits per heavy atom. The zero-order chi connectivity index (χ0) is 13.5. The summed E-state index contributed by atoms with van der Waals surface area (Å²) in [5, 5.41) is 4.15. The minimum Gasteiger partial charge on any atom is -0.373 e. The minimum atomic E-state index is 0.799. The maximum absolute atomic E-state index is 6.07. The molecule has 1 N–H and O–H groups in total. The molecule has 1 aromatic carbocycles. The van der Waals surface area contributed by atoms with Crippen LogP contribution < -0.4 is 10.2 Å². The summed E-state index contributed by atoms with van der Waals surface area (Å²) >= 11 is 6.07. The topological polar surface area (TPSA) is 18.5 Å². The van der Waals surface area contributed by atoms with E-state index in [4.69, 9.17) is 11.6 Å². The summed E-state index contributed by atoms with van der Waals surface area (Å²) in [6, 6.07) is 6.11. The van der Waals surface area contributed by atoms with E-state index < -0.39 is 0 Å². The standard InChI is InChI=1S/C14H24ClN3/c1-5-16-11-12-10-13(15)6-7-14(12)18(4)9-8-17(2)3/h6-7,10,16H,5,8-9,11H2,1-4H3. The van der Waals surface area contributed by atoms with Gasteiger partial charge < -0.3 is 15.1 Å². The number of benzene rings is 1. The fourth-order valence-electron chi connectivity index (χ4n) is 1.80. The van der Waals surface area contributed by atoms with Crippen molar-refractivity contribution in [3.8, 4) is 0 Å². The van der Waals surface area contributed by atoms with Gasteiger partial charge in [-0.1, -0.05) is 18.5 Å². The fraction of sp³-hybridized carbons (Fsp3) is 0.571. The molecule has 0 radical (unpaired) electrons. The molecule has 0 atom stereocenters. The van der Waals surface area contributed by atoms with Gasteiger partial charge in [-0.25, -0.2) is 0 Å². The van der Waals surface area contributed by atoms with Gasteiger partial charge in [-0.2, -0.15) is 0 Å². The van der Waals surface area contributed by atoms with Crippen molar-refractivity contribution in [2.45, 2.75) is 13.5 Å². The molecule has 0 amide bonds. The van der Waals surface area contributed by atoms with Crippen molar-refractivity contribution in [3.63, 3.8) is 0 Å². The van der Waals surface area contributed by atoms with Crippen LogP contribution in [0.3, 0.4) is 0 Å². The molecule has 1 rings (SSSR count). The lowest BCUT2D eigenvalue weighted by Gasteiger charge is -2.24. The third-order valence-electron chi connectivity index (χ3n) is 2.90. The van der Waals surface area contributed by atoms with Crippen molar-refractivity contribution in [2.75, 3.05) is 45.7 Å². The van der Waals surface area contributed by atoms with Gasteiger partial charge in [-0.15, -0.1) is 0 Å². The van der Waals surface area contributed by atoms with Crippen LogP contribution in [0.1, 0.15) is 12.5 Å². The molecule has 0 saturated carbocycles. The van der Waals surface area contributed by atoms with Crippen LogP contribution in [0, 0.1) is 0 Å². The van der Waals surface area contributed by atoms with Crippen LogP contribution in [0.5, 0.6) is 0 Å². The summed E-state index contributed by atoms with van der Waals surface area (Å²) in [4.78, 5) is 4.47. The quantitative estimate of drug-likeness (QED) is 0.820. The van der Waals surface area contributed by atoms with Crippen LogP contribution in [0.25, 0.3) is 0 Å². The third kappa shape index (κ3) is 4.84. The molecular weight excluding hydrogens is 246 g/mol. The Morgan fingerprint density at radius 2 is 1.89 bits per heavy atom. The second kappa shape index (κ2) is 7.62. The summed E-state index contributed by atoms with van der Waals surface area (Å²) in [7, 11) is 6.31. The Balaban J connectivity index is 2.78. The van der Waals surface area contributed by atoms with Gasteiger partial charge in [0.15, 0.2) is 0 Å². The lowest BCUT2D eigenvalue weighted by molar-refractivity contribution is 0.416. The number of halogens is 1. The number of anilines is 1. The second-order valence-electron chi connectivity index (χ2n) is 4.78. The number of rotatable bonds is 7. The van der Waals surface area contributed by atoms with Crippen LogP contribution in [0.4, 0.5) is 5.69 Å². The van der Waals surface area contributed by atoms with E-state index in [1.165, 1.54) is 11.3 Å². The molecule has 3 nitrogen and oxygen atoms in total.